The van der Waals surface area contributed by atoms with E-state index in [0.29, 0.717) is 52.9 Å². The largest absolute Gasteiger partial charge is 0.444 e. The highest BCUT2D eigenvalue weighted by molar-refractivity contribution is 6.32. The summed E-state index contributed by atoms with van der Waals surface area (Å²) in [4.78, 5) is 42.8. The van der Waals surface area contributed by atoms with Gasteiger partial charge in [-0.3, -0.25) is 4.79 Å². The summed E-state index contributed by atoms with van der Waals surface area (Å²) in [6, 6.07) is 9.70. The number of hydrogen-bond donors (Lipinski definition) is 1. The number of ether oxygens (including phenoxy) is 1. The highest BCUT2D eigenvalue weighted by atomic mass is 35.5. The number of rotatable bonds is 3. The maximum Gasteiger partial charge on any atom is 0.407 e. The van der Waals surface area contributed by atoms with Crippen LogP contribution in [0.1, 0.15) is 71.6 Å². The molecule has 7 rings (SSSR count). The normalized spacial score (nSPS) is 22.7. The molecule has 1 N–H and O–H groups in total. The summed E-state index contributed by atoms with van der Waals surface area (Å²) in [6.07, 6.45) is 4.22. The quantitative estimate of drug-likeness (QED) is 0.343. The molecule has 0 radical (unpaired) electrons. The predicted octanol–water partition coefficient (Wildman–Crippen LogP) is 5.37. The number of fused-ring (bicyclic) bond motifs is 9. The van der Waals surface area contributed by atoms with Gasteiger partial charge in [0.25, 0.3) is 5.91 Å². The van der Waals surface area contributed by atoms with Gasteiger partial charge in [-0.05, 0) is 57.0 Å². The molecule has 10 nitrogen and oxygen atoms in total. The van der Waals surface area contributed by atoms with E-state index in [-0.39, 0.29) is 12.1 Å². The van der Waals surface area contributed by atoms with Gasteiger partial charge in [-0.25, -0.2) is 19.7 Å². The number of imidazole rings is 1. The van der Waals surface area contributed by atoms with Crippen LogP contribution in [0.3, 0.4) is 0 Å². The van der Waals surface area contributed by atoms with Gasteiger partial charge in [-0.15, -0.1) is 0 Å². The summed E-state index contributed by atoms with van der Waals surface area (Å²) in [5.74, 6) is 0.530. The summed E-state index contributed by atoms with van der Waals surface area (Å²) >= 11 is 6.68. The van der Waals surface area contributed by atoms with Gasteiger partial charge in [-0.1, -0.05) is 23.7 Å². The molecular formula is C31H32ClN7O3. The zero-order valence-corrected chi connectivity index (χ0v) is 24.2. The first-order valence-electron chi connectivity index (χ1n) is 15.5. The van der Waals surface area contributed by atoms with Crippen molar-refractivity contribution in [2.75, 3.05) is 25.0 Å². The Bertz CT molecular complexity index is 1840. The highest BCUT2D eigenvalue weighted by Crippen LogP contribution is 2.49. The molecule has 3 atom stereocenters. The number of carbonyl (C=O) groups is 2. The van der Waals surface area contributed by atoms with Crippen molar-refractivity contribution in [1.29, 1.82) is 0 Å². The number of hydrogen-bond acceptors (Lipinski definition) is 7. The van der Waals surface area contributed by atoms with E-state index in [1.165, 1.54) is 0 Å². The molecule has 216 valence electrons. The number of halogens is 1. The molecule has 3 aliphatic rings. The van der Waals surface area contributed by atoms with E-state index in [4.69, 9.17) is 25.4 Å². The van der Waals surface area contributed by atoms with Gasteiger partial charge in [0.2, 0.25) is 5.95 Å². The molecule has 4 aromatic rings. The number of benzene rings is 2. The lowest BCUT2D eigenvalue weighted by Crippen LogP contribution is -2.40. The van der Waals surface area contributed by atoms with Crippen molar-refractivity contribution in [3.8, 4) is 11.1 Å². The third kappa shape index (κ3) is 4.45. The molecule has 42 heavy (non-hydrogen) atoms. The third-order valence-electron chi connectivity index (χ3n) is 8.08. The Balaban J connectivity index is 1.19. The van der Waals surface area contributed by atoms with E-state index >= 15 is 0 Å². The van der Waals surface area contributed by atoms with Gasteiger partial charge >= 0.3 is 6.09 Å². The minimum Gasteiger partial charge on any atom is -0.444 e. The van der Waals surface area contributed by atoms with Crippen LogP contribution in [0.2, 0.25) is 5.02 Å². The Morgan fingerprint density at radius 2 is 1.95 bits per heavy atom. The molecule has 3 aliphatic heterocycles. The molecule has 2 aromatic carbocycles. The first-order valence-corrected chi connectivity index (χ1v) is 14.4. The SMILES string of the molecule is [2H]C([2H])([2H])N1C(=O)c2cccc(Cl)c2[C@H]2C[C@@H]1c1nc3ccc(-c4cnc(N5CC[C@H](NC(=O)OC(C)(C)C)C5)nc4)cc3n12. The van der Waals surface area contributed by atoms with Crippen molar-refractivity contribution in [3.05, 3.63) is 70.8 Å². The number of aromatic nitrogens is 4. The molecule has 2 amide bonds. The van der Waals surface area contributed by atoms with Crippen LogP contribution in [0.25, 0.3) is 22.2 Å². The van der Waals surface area contributed by atoms with E-state index in [2.05, 4.69) is 15.3 Å². The van der Waals surface area contributed by atoms with Gasteiger partial charge in [0, 0.05) is 64.7 Å². The standard InChI is InChI=1S/C31H32ClN7O3/c1-31(2,3)42-30(41)35-19-10-11-38(16-19)29-33-14-18(15-34-29)17-8-9-22-23(12-17)39-24-13-25(27(39)36-22)37(4)28(40)20-6-5-7-21(32)26(20)24/h5-9,12,14-15,19,24-25H,10-11,13,16H2,1-4H3,(H,35,41)/t19-,24+,25+/m0/s1/i4D3. The minimum absolute atomic E-state index is 0.0618. The van der Waals surface area contributed by atoms with Gasteiger partial charge in [0.1, 0.15) is 11.4 Å². The second-order valence-corrected chi connectivity index (χ2v) is 12.4. The van der Waals surface area contributed by atoms with Crippen LogP contribution in [0.15, 0.2) is 48.8 Å². The van der Waals surface area contributed by atoms with E-state index < -0.39 is 30.6 Å². The predicted molar refractivity (Wildman–Crippen MR) is 160 cm³/mol. The fraction of sp³-hybridized carbons (Fsp3) is 0.387. The van der Waals surface area contributed by atoms with Crippen LogP contribution >= 0.6 is 11.6 Å². The molecule has 0 aliphatic carbocycles. The molecule has 2 aromatic heterocycles. The van der Waals surface area contributed by atoms with Gasteiger partial charge in [-0.2, -0.15) is 0 Å². The van der Waals surface area contributed by atoms with Crippen molar-refractivity contribution in [1.82, 2.24) is 29.7 Å². The van der Waals surface area contributed by atoms with Crippen LogP contribution in [0.5, 0.6) is 0 Å². The Morgan fingerprint density at radius 3 is 2.71 bits per heavy atom. The van der Waals surface area contributed by atoms with Crippen molar-refractivity contribution < 1.29 is 18.4 Å². The van der Waals surface area contributed by atoms with Crippen LogP contribution in [-0.4, -0.2) is 68.1 Å². The van der Waals surface area contributed by atoms with E-state index in [9.17, 15) is 9.59 Å². The summed E-state index contributed by atoms with van der Waals surface area (Å²) in [7, 11) is 0. The lowest BCUT2D eigenvalue weighted by molar-refractivity contribution is 0.0508. The lowest BCUT2D eigenvalue weighted by Gasteiger charge is -2.24. The summed E-state index contributed by atoms with van der Waals surface area (Å²) < 4.78 is 32.0. The average molecular weight is 589 g/mol. The molecular weight excluding hydrogens is 554 g/mol. The number of nitrogens with one attached hydrogen (secondary N) is 1. The summed E-state index contributed by atoms with van der Waals surface area (Å²) in [5, 5.41) is 3.34. The highest BCUT2D eigenvalue weighted by Gasteiger charge is 2.44. The number of anilines is 1. The fourth-order valence-electron chi connectivity index (χ4n) is 6.24. The number of carbonyl (C=O) groups excluding carboxylic acids is 2. The van der Waals surface area contributed by atoms with Crippen molar-refractivity contribution in [3.63, 3.8) is 0 Å². The molecule has 1 saturated heterocycles. The zero-order valence-electron chi connectivity index (χ0n) is 26.5. The second kappa shape index (κ2) is 9.69. The van der Waals surface area contributed by atoms with E-state index in [1.807, 2.05) is 48.4 Å². The van der Waals surface area contributed by atoms with Gasteiger partial charge in [0.15, 0.2) is 0 Å². The Morgan fingerprint density at radius 1 is 1.14 bits per heavy atom. The Labute approximate surface area is 252 Å². The summed E-state index contributed by atoms with van der Waals surface area (Å²) in [5.41, 5.74) is 3.51. The third-order valence-corrected chi connectivity index (χ3v) is 8.41. The first kappa shape index (κ1) is 23.4. The van der Waals surface area contributed by atoms with Crippen molar-refractivity contribution >= 4 is 40.6 Å². The fourth-order valence-corrected chi connectivity index (χ4v) is 6.55. The van der Waals surface area contributed by atoms with Gasteiger partial charge < -0.3 is 24.4 Å². The smallest absolute Gasteiger partial charge is 0.407 e. The van der Waals surface area contributed by atoms with E-state index in [0.717, 1.165) is 28.0 Å². The molecule has 0 spiro atoms. The molecule has 0 saturated carbocycles. The van der Waals surface area contributed by atoms with Crippen molar-refractivity contribution in [2.45, 2.75) is 57.3 Å². The van der Waals surface area contributed by atoms with Gasteiger partial charge in [0.05, 0.1) is 29.2 Å². The average Bonchev–Trinajstić information content (AvgIpc) is 3.64. The van der Waals surface area contributed by atoms with Crippen LogP contribution in [0.4, 0.5) is 10.7 Å². The lowest BCUT2D eigenvalue weighted by atomic mass is 9.98. The maximum atomic E-state index is 13.6. The Hall–Kier alpha value is -4.18. The van der Waals surface area contributed by atoms with Crippen molar-refractivity contribution in [2.24, 2.45) is 0 Å². The Kier molecular flexibility index (Phi) is 5.40. The zero-order chi connectivity index (χ0) is 31.8. The second-order valence-electron chi connectivity index (χ2n) is 12.0. The molecule has 5 heterocycles. The topological polar surface area (TPSA) is 105 Å². The van der Waals surface area contributed by atoms with E-state index in [1.54, 1.807) is 30.6 Å². The van der Waals surface area contributed by atoms with Crippen LogP contribution in [-0.2, 0) is 4.74 Å². The number of amides is 2. The molecule has 0 unspecified atom stereocenters. The number of alkyl carbamates (subject to hydrolysis) is 1. The molecule has 2 bridgehead atoms. The molecule has 11 heteroatoms. The van der Waals surface area contributed by atoms with Crippen LogP contribution < -0.4 is 10.2 Å². The summed E-state index contributed by atoms with van der Waals surface area (Å²) in [6.45, 7) is 4.12. The monoisotopic (exact) mass is 588 g/mol. The van der Waals surface area contributed by atoms with Crippen LogP contribution in [0, 0.1) is 0 Å². The maximum absolute atomic E-state index is 13.6. The molecule has 1 fully saturated rings. The number of nitrogens with zero attached hydrogens (tertiary/aromatic N) is 6. The first-order chi connectivity index (χ1) is 21.3. The minimum atomic E-state index is -2.66.